The summed E-state index contributed by atoms with van der Waals surface area (Å²) < 4.78 is 0. The van der Waals surface area contributed by atoms with Crippen LogP contribution in [0.4, 0.5) is 5.69 Å². The van der Waals surface area contributed by atoms with Gasteiger partial charge in [-0.3, -0.25) is 4.79 Å². The highest BCUT2D eigenvalue weighted by atomic mass is 16.1. The van der Waals surface area contributed by atoms with Gasteiger partial charge in [0.25, 0.3) is 0 Å². The van der Waals surface area contributed by atoms with Gasteiger partial charge in [0, 0.05) is 24.5 Å². The van der Waals surface area contributed by atoms with Gasteiger partial charge in [-0.15, -0.1) is 0 Å². The van der Waals surface area contributed by atoms with Crippen molar-refractivity contribution < 1.29 is 4.79 Å². The van der Waals surface area contributed by atoms with Gasteiger partial charge < -0.3 is 10.3 Å². The summed E-state index contributed by atoms with van der Waals surface area (Å²) in [7, 11) is 0. The van der Waals surface area contributed by atoms with Crippen molar-refractivity contribution in [3.05, 3.63) is 60.4 Å². The highest BCUT2D eigenvalue weighted by molar-refractivity contribution is 5.90. The van der Waals surface area contributed by atoms with E-state index in [1.165, 1.54) is 5.56 Å². The van der Waals surface area contributed by atoms with E-state index in [9.17, 15) is 4.79 Å². The summed E-state index contributed by atoms with van der Waals surface area (Å²) in [5.74, 6) is 0.0525. The minimum absolute atomic E-state index is 0.0525. The summed E-state index contributed by atoms with van der Waals surface area (Å²) in [4.78, 5) is 14.8. The Balaban J connectivity index is 1.78. The van der Waals surface area contributed by atoms with Gasteiger partial charge in [-0.2, -0.15) is 0 Å². The van der Waals surface area contributed by atoms with E-state index in [2.05, 4.69) is 16.9 Å². The zero-order chi connectivity index (χ0) is 13.5. The Morgan fingerprint density at radius 3 is 3.00 bits per heavy atom. The summed E-state index contributed by atoms with van der Waals surface area (Å²) >= 11 is 0. The summed E-state index contributed by atoms with van der Waals surface area (Å²) in [6, 6.07) is 9.70. The Morgan fingerprint density at radius 2 is 2.26 bits per heavy atom. The van der Waals surface area contributed by atoms with Crippen LogP contribution in [0.1, 0.15) is 24.0 Å². The van der Waals surface area contributed by atoms with Crippen molar-refractivity contribution in [2.45, 2.75) is 19.3 Å². The number of nitrogens with one attached hydrogen (secondary N) is 2. The molecule has 3 nitrogen and oxygen atoms in total. The second kappa shape index (κ2) is 6.59. The van der Waals surface area contributed by atoms with Crippen LogP contribution in [0.3, 0.4) is 0 Å². The number of hydrogen-bond donors (Lipinski definition) is 2. The molecule has 0 radical (unpaired) electrons. The number of hydrogen-bond acceptors (Lipinski definition) is 1. The number of amides is 1. The molecule has 1 aromatic carbocycles. The molecule has 0 aliphatic heterocycles. The molecule has 2 N–H and O–H groups in total. The van der Waals surface area contributed by atoms with Crippen LogP contribution in [0.5, 0.6) is 0 Å². The normalized spacial score (nSPS) is 10.1. The first-order valence-electron chi connectivity index (χ1n) is 6.42. The lowest BCUT2D eigenvalue weighted by atomic mass is 10.1. The molecule has 0 fully saturated rings. The molecule has 2 aromatic rings. The number of benzene rings is 1. The molecule has 1 heterocycles. The fraction of sp³-hybridized carbons (Fsp3) is 0.188. The van der Waals surface area contributed by atoms with E-state index in [1.807, 2.05) is 42.7 Å². The Bertz CT molecular complexity index is 544. The molecule has 3 heteroatoms. The topological polar surface area (TPSA) is 44.9 Å². The average molecular weight is 254 g/mol. The van der Waals surface area contributed by atoms with Crippen molar-refractivity contribution in [1.82, 2.24) is 4.98 Å². The van der Waals surface area contributed by atoms with Crippen LogP contribution >= 0.6 is 0 Å². The number of aromatic nitrogens is 1. The fourth-order valence-electron chi connectivity index (χ4n) is 1.93. The van der Waals surface area contributed by atoms with Gasteiger partial charge >= 0.3 is 0 Å². The Hall–Kier alpha value is -2.29. The van der Waals surface area contributed by atoms with E-state index in [1.54, 1.807) is 6.08 Å². The maximum absolute atomic E-state index is 11.8. The molecule has 0 bridgehead atoms. The minimum Gasteiger partial charge on any atom is -0.367 e. The van der Waals surface area contributed by atoms with Crippen LogP contribution in [0.25, 0.3) is 6.08 Å². The zero-order valence-corrected chi connectivity index (χ0v) is 10.9. The molecule has 1 amide bonds. The van der Waals surface area contributed by atoms with E-state index < -0.39 is 0 Å². The lowest BCUT2D eigenvalue weighted by molar-refractivity contribution is -0.116. The Morgan fingerprint density at radius 1 is 1.37 bits per heavy atom. The fourth-order valence-corrected chi connectivity index (χ4v) is 1.93. The molecule has 0 aliphatic rings. The van der Waals surface area contributed by atoms with Crippen LogP contribution in [0, 0.1) is 0 Å². The van der Waals surface area contributed by atoms with E-state index in [-0.39, 0.29) is 5.91 Å². The Labute approximate surface area is 113 Å². The van der Waals surface area contributed by atoms with E-state index in [4.69, 9.17) is 0 Å². The molecular weight excluding hydrogens is 236 g/mol. The van der Waals surface area contributed by atoms with Gasteiger partial charge in [-0.05, 0) is 42.2 Å². The van der Waals surface area contributed by atoms with Gasteiger partial charge in [0.05, 0.1) is 0 Å². The van der Waals surface area contributed by atoms with Crippen molar-refractivity contribution in [3.63, 3.8) is 0 Å². The van der Waals surface area contributed by atoms with E-state index in [0.717, 1.165) is 24.1 Å². The molecule has 0 saturated carbocycles. The SMILES string of the molecule is C=Cc1cccc(NC(=O)CCCc2cc[nH]c2)c1. The molecule has 0 saturated heterocycles. The third-order valence-electron chi connectivity index (χ3n) is 2.94. The summed E-state index contributed by atoms with van der Waals surface area (Å²) in [5.41, 5.74) is 3.07. The van der Waals surface area contributed by atoms with Crippen molar-refractivity contribution in [3.8, 4) is 0 Å². The molecule has 1 aromatic heterocycles. The van der Waals surface area contributed by atoms with Crippen molar-refractivity contribution >= 4 is 17.7 Å². The standard InChI is InChI=1S/C16H18N2O/c1-2-13-5-3-7-15(11-13)18-16(19)8-4-6-14-9-10-17-12-14/h2-3,5,7,9-12,17H,1,4,6,8H2,(H,18,19). The number of aromatic amines is 1. The Kier molecular flexibility index (Phi) is 4.56. The molecule has 0 spiro atoms. The molecule has 19 heavy (non-hydrogen) atoms. The number of carbonyl (C=O) groups is 1. The monoisotopic (exact) mass is 254 g/mol. The quantitative estimate of drug-likeness (QED) is 0.812. The lowest BCUT2D eigenvalue weighted by Gasteiger charge is -2.05. The number of aryl methyl sites for hydroxylation is 1. The van der Waals surface area contributed by atoms with Crippen LogP contribution in [-0.2, 0) is 11.2 Å². The predicted octanol–water partition coefficient (Wildman–Crippen LogP) is 3.62. The van der Waals surface area contributed by atoms with Gasteiger partial charge in [0.1, 0.15) is 0 Å². The highest BCUT2D eigenvalue weighted by Gasteiger charge is 2.03. The molecule has 0 unspecified atom stereocenters. The molecular formula is C16H18N2O. The number of H-pyrrole nitrogens is 1. The lowest BCUT2D eigenvalue weighted by Crippen LogP contribution is -2.11. The number of anilines is 1. The van der Waals surface area contributed by atoms with Crippen LogP contribution in [0.2, 0.25) is 0 Å². The highest BCUT2D eigenvalue weighted by Crippen LogP contribution is 2.12. The second-order valence-electron chi connectivity index (χ2n) is 4.45. The maximum Gasteiger partial charge on any atom is 0.224 e. The molecule has 0 atom stereocenters. The van der Waals surface area contributed by atoms with Crippen molar-refractivity contribution in [1.29, 1.82) is 0 Å². The maximum atomic E-state index is 11.8. The first kappa shape index (κ1) is 13.1. The summed E-state index contributed by atoms with van der Waals surface area (Å²) in [5, 5.41) is 2.90. The minimum atomic E-state index is 0.0525. The van der Waals surface area contributed by atoms with Gasteiger partial charge in [-0.25, -0.2) is 0 Å². The van der Waals surface area contributed by atoms with Crippen molar-refractivity contribution in [2.75, 3.05) is 5.32 Å². The van der Waals surface area contributed by atoms with Crippen LogP contribution in [-0.4, -0.2) is 10.9 Å². The molecule has 98 valence electrons. The molecule has 0 aliphatic carbocycles. The van der Waals surface area contributed by atoms with Gasteiger partial charge in [-0.1, -0.05) is 24.8 Å². The first-order valence-corrected chi connectivity index (χ1v) is 6.42. The van der Waals surface area contributed by atoms with E-state index in [0.29, 0.717) is 6.42 Å². The largest absolute Gasteiger partial charge is 0.367 e. The molecule has 2 rings (SSSR count). The second-order valence-corrected chi connectivity index (χ2v) is 4.45. The average Bonchev–Trinajstić information content (AvgIpc) is 2.92. The van der Waals surface area contributed by atoms with Gasteiger partial charge in [0.2, 0.25) is 5.91 Å². The van der Waals surface area contributed by atoms with Crippen molar-refractivity contribution in [2.24, 2.45) is 0 Å². The third kappa shape index (κ3) is 4.14. The third-order valence-corrected chi connectivity index (χ3v) is 2.94. The summed E-state index contributed by atoms with van der Waals surface area (Å²) in [6.07, 6.45) is 7.93. The number of carbonyl (C=O) groups excluding carboxylic acids is 1. The zero-order valence-electron chi connectivity index (χ0n) is 10.9. The van der Waals surface area contributed by atoms with E-state index >= 15 is 0 Å². The van der Waals surface area contributed by atoms with Crippen LogP contribution < -0.4 is 5.32 Å². The smallest absolute Gasteiger partial charge is 0.224 e. The van der Waals surface area contributed by atoms with Crippen LogP contribution in [0.15, 0.2) is 49.3 Å². The van der Waals surface area contributed by atoms with Gasteiger partial charge in [0.15, 0.2) is 0 Å². The number of rotatable bonds is 6. The predicted molar refractivity (Wildman–Crippen MR) is 78.9 cm³/mol. The first-order chi connectivity index (χ1) is 9.28. The summed E-state index contributed by atoms with van der Waals surface area (Å²) in [6.45, 7) is 3.71.